The summed E-state index contributed by atoms with van der Waals surface area (Å²) in [5.41, 5.74) is 6.74. The Labute approximate surface area is 181 Å². The fourth-order valence-electron chi connectivity index (χ4n) is 2.71. The van der Waals surface area contributed by atoms with E-state index in [-0.39, 0.29) is 18.1 Å². The molecule has 3 atom stereocenters. The summed E-state index contributed by atoms with van der Waals surface area (Å²) < 4.78 is 0. The number of rotatable bonds is 12. The Hall–Kier alpha value is -2.59. The normalized spacial score (nSPS) is 13.8. The molecular formula is C20H30N4O5S. The molecule has 6 N–H and O–H groups in total. The van der Waals surface area contributed by atoms with Crippen molar-refractivity contribution in [2.45, 2.75) is 44.8 Å². The quantitative estimate of drug-likeness (QED) is 0.247. The van der Waals surface area contributed by atoms with Crippen molar-refractivity contribution in [3.63, 3.8) is 0 Å². The number of benzene rings is 1. The van der Waals surface area contributed by atoms with Crippen LogP contribution in [0, 0.1) is 5.92 Å². The number of amides is 3. The lowest BCUT2D eigenvalue weighted by Gasteiger charge is -2.24. The number of thiol groups is 1. The van der Waals surface area contributed by atoms with Gasteiger partial charge in [-0.3, -0.25) is 19.2 Å². The Morgan fingerprint density at radius 2 is 1.60 bits per heavy atom. The van der Waals surface area contributed by atoms with E-state index in [9.17, 15) is 19.2 Å². The third-order valence-electron chi connectivity index (χ3n) is 4.21. The molecule has 0 aliphatic rings. The van der Waals surface area contributed by atoms with Gasteiger partial charge in [0.1, 0.15) is 18.6 Å². The van der Waals surface area contributed by atoms with Crippen LogP contribution in [0.3, 0.4) is 0 Å². The number of carboxylic acids is 1. The molecule has 0 aliphatic heterocycles. The fourth-order valence-corrected chi connectivity index (χ4v) is 2.96. The van der Waals surface area contributed by atoms with Gasteiger partial charge >= 0.3 is 5.97 Å². The first kappa shape index (κ1) is 25.4. The minimum Gasteiger partial charge on any atom is -0.480 e. The highest BCUT2D eigenvalue weighted by molar-refractivity contribution is 7.80. The summed E-state index contributed by atoms with van der Waals surface area (Å²) in [4.78, 5) is 48.0. The average molecular weight is 439 g/mol. The number of carboxylic acid groups (broad SMARTS) is 1. The van der Waals surface area contributed by atoms with Crippen molar-refractivity contribution >= 4 is 36.3 Å². The topological polar surface area (TPSA) is 151 Å². The molecule has 1 aromatic rings. The van der Waals surface area contributed by atoms with Crippen LogP contribution in [0.4, 0.5) is 0 Å². The summed E-state index contributed by atoms with van der Waals surface area (Å²) in [5, 5.41) is 16.1. The highest BCUT2D eigenvalue weighted by Crippen LogP contribution is 2.07. The molecule has 1 rings (SSSR count). The number of nitrogens with two attached hydrogens (primary N) is 1. The zero-order valence-corrected chi connectivity index (χ0v) is 18.0. The lowest BCUT2D eigenvalue weighted by atomic mass is 10.0. The van der Waals surface area contributed by atoms with E-state index in [2.05, 4.69) is 28.6 Å². The third-order valence-corrected chi connectivity index (χ3v) is 4.57. The van der Waals surface area contributed by atoms with Crippen molar-refractivity contribution in [3.8, 4) is 0 Å². The Kier molecular flexibility index (Phi) is 10.9. The second-order valence-electron chi connectivity index (χ2n) is 7.34. The molecule has 0 saturated carbocycles. The lowest BCUT2D eigenvalue weighted by Crippen LogP contribution is -2.57. The first-order chi connectivity index (χ1) is 14.1. The number of carbonyl (C=O) groups excluding carboxylic acids is 3. The number of hydrogen-bond donors (Lipinski definition) is 6. The van der Waals surface area contributed by atoms with E-state index in [1.807, 2.05) is 44.2 Å². The van der Waals surface area contributed by atoms with Gasteiger partial charge in [-0.25, -0.2) is 0 Å². The van der Waals surface area contributed by atoms with Crippen LogP contribution in [0.5, 0.6) is 0 Å². The van der Waals surface area contributed by atoms with Crippen molar-refractivity contribution in [1.29, 1.82) is 0 Å². The van der Waals surface area contributed by atoms with Crippen LogP contribution in [0.15, 0.2) is 30.3 Å². The predicted molar refractivity (Wildman–Crippen MR) is 116 cm³/mol. The van der Waals surface area contributed by atoms with Crippen molar-refractivity contribution in [2.24, 2.45) is 11.7 Å². The largest absolute Gasteiger partial charge is 0.480 e. The Morgan fingerprint density at radius 1 is 1.00 bits per heavy atom. The van der Waals surface area contributed by atoms with Crippen LogP contribution >= 0.6 is 12.6 Å². The summed E-state index contributed by atoms with van der Waals surface area (Å²) in [5.74, 6) is -2.77. The highest BCUT2D eigenvalue weighted by atomic mass is 32.1. The predicted octanol–water partition coefficient (Wildman–Crippen LogP) is -0.297. The van der Waals surface area contributed by atoms with Crippen molar-refractivity contribution in [3.05, 3.63) is 35.9 Å². The number of nitrogens with one attached hydrogen (secondary N) is 3. The Bertz CT molecular complexity index is 729. The van der Waals surface area contributed by atoms with Gasteiger partial charge < -0.3 is 26.8 Å². The number of carbonyl (C=O) groups is 4. The summed E-state index contributed by atoms with van der Waals surface area (Å²) in [7, 11) is 0. The maximum Gasteiger partial charge on any atom is 0.322 e. The molecule has 0 spiro atoms. The molecule has 0 bridgehead atoms. The zero-order valence-electron chi connectivity index (χ0n) is 17.1. The van der Waals surface area contributed by atoms with Gasteiger partial charge in [-0.05, 0) is 17.9 Å². The maximum absolute atomic E-state index is 12.8. The second kappa shape index (κ2) is 12.9. The highest BCUT2D eigenvalue weighted by Gasteiger charge is 2.28. The molecule has 166 valence electrons. The van der Waals surface area contributed by atoms with E-state index < -0.39 is 48.4 Å². The smallest absolute Gasteiger partial charge is 0.322 e. The molecule has 0 aromatic heterocycles. The van der Waals surface area contributed by atoms with Crippen LogP contribution in [0.1, 0.15) is 25.8 Å². The molecule has 0 saturated heterocycles. The molecular weight excluding hydrogens is 408 g/mol. The molecule has 0 fully saturated rings. The first-order valence-electron chi connectivity index (χ1n) is 9.64. The van der Waals surface area contributed by atoms with Crippen molar-refractivity contribution in [2.75, 3.05) is 12.3 Å². The average Bonchev–Trinajstić information content (AvgIpc) is 2.69. The van der Waals surface area contributed by atoms with E-state index in [0.717, 1.165) is 5.56 Å². The Balaban J connectivity index is 2.90. The molecule has 10 heteroatoms. The van der Waals surface area contributed by atoms with Gasteiger partial charge in [0.25, 0.3) is 0 Å². The van der Waals surface area contributed by atoms with E-state index >= 15 is 0 Å². The molecule has 9 nitrogen and oxygen atoms in total. The molecule has 30 heavy (non-hydrogen) atoms. The standard InChI is InChI=1S/C20H30N4O5S/c1-12(2)8-14(21)18(27)23-15(9-13-6-4-3-5-7-13)20(29)24-16(11-30)19(28)22-10-17(25)26/h3-7,12,14-16,30H,8-11,21H2,1-2H3,(H,22,28)(H,23,27)(H,24,29)(H,25,26). The van der Waals surface area contributed by atoms with E-state index in [4.69, 9.17) is 10.8 Å². The van der Waals surface area contributed by atoms with Crippen molar-refractivity contribution < 1.29 is 24.3 Å². The Morgan fingerprint density at radius 3 is 2.13 bits per heavy atom. The van der Waals surface area contributed by atoms with Gasteiger partial charge in [-0.15, -0.1) is 0 Å². The SMILES string of the molecule is CC(C)CC(N)C(=O)NC(Cc1ccccc1)C(=O)NC(CS)C(=O)NCC(=O)O. The second-order valence-corrected chi connectivity index (χ2v) is 7.71. The summed E-state index contributed by atoms with van der Waals surface area (Å²) >= 11 is 4.05. The van der Waals surface area contributed by atoms with Crippen LogP contribution in [0.2, 0.25) is 0 Å². The van der Waals surface area contributed by atoms with Crippen LogP contribution in [0.25, 0.3) is 0 Å². The van der Waals surface area contributed by atoms with E-state index in [1.54, 1.807) is 0 Å². The molecule has 3 amide bonds. The minimum atomic E-state index is -1.21. The van der Waals surface area contributed by atoms with Crippen molar-refractivity contribution in [1.82, 2.24) is 16.0 Å². The van der Waals surface area contributed by atoms with E-state index in [0.29, 0.717) is 6.42 Å². The van der Waals surface area contributed by atoms with Gasteiger partial charge in [0.05, 0.1) is 6.04 Å². The summed E-state index contributed by atoms with van der Waals surface area (Å²) in [6.45, 7) is 3.30. The summed E-state index contributed by atoms with van der Waals surface area (Å²) in [6.07, 6.45) is 0.658. The monoisotopic (exact) mass is 438 g/mol. The van der Waals surface area contributed by atoms with Gasteiger partial charge in [-0.1, -0.05) is 44.2 Å². The zero-order chi connectivity index (χ0) is 22.7. The number of hydrogen-bond acceptors (Lipinski definition) is 6. The molecule has 0 aliphatic carbocycles. The molecule has 0 heterocycles. The first-order valence-corrected chi connectivity index (χ1v) is 10.3. The van der Waals surface area contributed by atoms with Gasteiger partial charge in [0.15, 0.2) is 0 Å². The van der Waals surface area contributed by atoms with Gasteiger partial charge in [-0.2, -0.15) is 12.6 Å². The van der Waals surface area contributed by atoms with Gasteiger partial charge in [0, 0.05) is 12.2 Å². The van der Waals surface area contributed by atoms with Crippen LogP contribution < -0.4 is 21.7 Å². The lowest BCUT2D eigenvalue weighted by molar-refractivity contribution is -0.138. The van der Waals surface area contributed by atoms with Crippen LogP contribution in [-0.2, 0) is 25.6 Å². The van der Waals surface area contributed by atoms with Crippen LogP contribution in [-0.4, -0.2) is 59.2 Å². The minimum absolute atomic E-state index is 0.0456. The number of aliphatic carboxylic acids is 1. The van der Waals surface area contributed by atoms with E-state index in [1.165, 1.54) is 0 Å². The van der Waals surface area contributed by atoms with Gasteiger partial charge in [0.2, 0.25) is 17.7 Å². The molecule has 3 unspecified atom stereocenters. The third kappa shape index (κ3) is 9.27. The molecule has 1 aromatic carbocycles. The summed E-state index contributed by atoms with van der Waals surface area (Å²) in [6, 6.07) is 6.30. The maximum atomic E-state index is 12.8. The molecule has 0 radical (unpaired) electrons. The fraction of sp³-hybridized carbons (Fsp3) is 0.500.